The molecule has 0 unspecified atom stereocenters. The zero-order valence-corrected chi connectivity index (χ0v) is 13.9. The summed E-state index contributed by atoms with van der Waals surface area (Å²) in [5.74, 6) is -0.415. The minimum atomic E-state index is -0.415. The number of amides is 1. The Hall–Kier alpha value is -2.73. The van der Waals surface area contributed by atoms with Crippen molar-refractivity contribution < 1.29 is 4.79 Å². The third-order valence-corrected chi connectivity index (χ3v) is 4.56. The van der Waals surface area contributed by atoms with Crippen LogP contribution in [0.3, 0.4) is 0 Å². The maximum atomic E-state index is 11.0. The fourth-order valence-electron chi connectivity index (χ4n) is 2.29. The van der Waals surface area contributed by atoms with Crippen LogP contribution < -0.4 is 11.1 Å². The highest BCUT2D eigenvalue weighted by Crippen LogP contribution is 2.18. The Labute approximate surface area is 144 Å². The summed E-state index contributed by atoms with van der Waals surface area (Å²) in [6.45, 7) is 0.631. The maximum absolute atomic E-state index is 11.0. The Bertz CT molecular complexity index is 799. The number of benzene rings is 2. The molecule has 122 valence electrons. The minimum absolute atomic E-state index is 0.415. The van der Waals surface area contributed by atoms with E-state index in [1.54, 1.807) is 23.5 Å². The summed E-state index contributed by atoms with van der Waals surface area (Å²) in [7, 11) is 0. The fourth-order valence-corrected chi connectivity index (χ4v) is 3.02. The summed E-state index contributed by atoms with van der Waals surface area (Å²) in [6, 6.07) is 17.6. The molecule has 0 aliphatic heterocycles. The average molecular weight is 338 g/mol. The van der Waals surface area contributed by atoms with Crippen molar-refractivity contribution in [2.24, 2.45) is 5.73 Å². The Morgan fingerprint density at radius 3 is 2.42 bits per heavy atom. The molecule has 24 heavy (non-hydrogen) atoms. The van der Waals surface area contributed by atoms with E-state index in [9.17, 15) is 4.79 Å². The van der Waals surface area contributed by atoms with E-state index in [0.29, 0.717) is 12.1 Å². The van der Waals surface area contributed by atoms with Gasteiger partial charge in [-0.3, -0.25) is 4.79 Å². The molecule has 3 N–H and O–H groups in total. The van der Waals surface area contributed by atoms with Crippen LogP contribution in [0.5, 0.6) is 0 Å². The highest BCUT2D eigenvalue weighted by molar-refractivity contribution is 7.15. The van der Waals surface area contributed by atoms with Gasteiger partial charge in [-0.2, -0.15) is 0 Å². The molecule has 1 heterocycles. The quantitative estimate of drug-likeness (QED) is 0.694. The van der Waals surface area contributed by atoms with Crippen LogP contribution in [-0.2, 0) is 19.4 Å². The summed E-state index contributed by atoms with van der Waals surface area (Å²) in [4.78, 5) is 11.0. The monoisotopic (exact) mass is 338 g/mol. The van der Waals surface area contributed by atoms with E-state index in [4.69, 9.17) is 5.73 Å². The van der Waals surface area contributed by atoms with Crippen LogP contribution >= 0.6 is 11.3 Å². The Kier molecular flexibility index (Phi) is 5.18. The van der Waals surface area contributed by atoms with Gasteiger partial charge in [-0.15, -0.1) is 10.2 Å². The number of aromatic nitrogens is 2. The molecule has 0 saturated heterocycles. The molecule has 2 aromatic carbocycles. The van der Waals surface area contributed by atoms with Gasteiger partial charge in [-0.05, 0) is 29.7 Å². The molecule has 0 saturated carbocycles. The predicted molar refractivity (Wildman–Crippen MR) is 96.0 cm³/mol. The number of carbonyl (C=O) groups excluding carboxylic acids is 1. The lowest BCUT2D eigenvalue weighted by Gasteiger charge is -2.03. The smallest absolute Gasteiger partial charge is 0.248 e. The van der Waals surface area contributed by atoms with E-state index in [2.05, 4.69) is 27.6 Å². The third-order valence-electron chi connectivity index (χ3n) is 3.62. The molecule has 1 amide bonds. The van der Waals surface area contributed by atoms with Crippen LogP contribution in [-0.4, -0.2) is 16.1 Å². The molecule has 0 fully saturated rings. The van der Waals surface area contributed by atoms with Crippen molar-refractivity contribution in [3.8, 4) is 0 Å². The number of hydrogen-bond donors (Lipinski definition) is 2. The number of nitrogens with zero attached hydrogens (tertiary/aromatic N) is 2. The molecule has 0 radical (unpaired) electrons. The van der Waals surface area contributed by atoms with Gasteiger partial charge >= 0.3 is 0 Å². The first kappa shape index (κ1) is 16.1. The molecule has 0 aliphatic carbocycles. The highest BCUT2D eigenvalue weighted by atomic mass is 32.1. The van der Waals surface area contributed by atoms with E-state index < -0.39 is 5.91 Å². The summed E-state index contributed by atoms with van der Waals surface area (Å²) < 4.78 is 0. The Morgan fingerprint density at radius 1 is 0.958 bits per heavy atom. The van der Waals surface area contributed by atoms with Crippen LogP contribution in [0.1, 0.15) is 26.5 Å². The number of rotatable bonds is 7. The van der Waals surface area contributed by atoms with Gasteiger partial charge in [-0.1, -0.05) is 53.8 Å². The summed E-state index contributed by atoms with van der Waals surface area (Å²) in [6.07, 6.45) is 1.85. The second-order valence-electron chi connectivity index (χ2n) is 5.40. The van der Waals surface area contributed by atoms with Crippen LogP contribution in [0.2, 0.25) is 0 Å². The van der Waals surface area contributed by atoms with Gasteiger partial charge in [0.1, 0.15) is 5.01 Å². The lowest BCUT2D eigenvalue weighted by Crippen LogP contribution is -2.10. The molecule has 6 heteroatoms. The van der Waals surface area contributed by atoms with E-state index in [1.165, 1.54) is 5.56 Å². The second kappa shape index (κ2) is 7.70. The van der Waals surface area contributed by atoms with Crippen LogP contribution in [0.15, 0.2) is 54.6 Å². The number of anilines is 1. The van der Waals surface area contributed by atoms with Crippen molar-refractivity contribution in [2.75, 3.05) is 5.32 Å². The molecule has 0 bridgehead atoms. The van der Waals surface area contributed by atoms with Crippen molar-refractivity contribution in [1.82, 2.24) is 10.2 Å². The number of nitrogens with two attached hydrogens (primary N) is 1. The molecule has 0 aliphatic rings. The average Bonchev–Trinajstić information content (AvgIpc) is 3.07. The summed E-state index contributed by atoms with van der Waals surface area (Å²) >= 11 is 1.57. The Balaban J connectivity index is 1.51. The molecule has 5 nitrogen and oxygen atoms in total. The normalized spacial score (nSPS) is 10.5. The lowest BCUT2D eigenvalue weighted by atomic mass is 10.1. The van der Waals surface area contributed by atoms with Gasteiger partial charge in [0, 0.05) is 18.5 Å². The van der Waals surface area contributed by atoms with Crippen LogP contribution in [0.4, 0.5) is 5.13 Å². The second-order valence-corrected chi connectivity index (χ2v) is 6.46. The first-order chi connectivity index (χ1) is 11.7. The molecule has 1 aromatic heterocycles. The number of nitrogens with one attached hydrogen (secondary N) is 1. The largest absolute Gasteiger partial charge is 0.366 e. The zero-order chi connectivity index (χ0) is 16.8. The van der Waals surface area contributed by atoms with E-state index in [1.807, 2.05) is 30.3 Å². The number of aryl methyl sites for hydroxylation is 2. The molecular formula is C18H18N4OS. The SMILES string of the molecule is NC(=O)c1ccc(CNc2nnc(CCc3ccccc3)s2)cc1. The molecule has 3 rings (SSSR count). The zero-order valence-electron chi connectivity index (χ0n) is 13.1. The highest BCUT2D eigenvalue weighted by Gasteiger charge is 2.05. The minimum Gasteiger partial charge on any atom is -0.366 e. The van der Waals surface area contributed by atoms with Gasteiger partial charge < -0.3 is 11.1 Å². The summed E-state index contributed by atoms with van der Waals surface area (Å²) in [5, 5.41) is 13.5. The van der Waals surface area contributed by atoms with Crippen LogP contribution in [0.25, 0.3) is 0 Å². The topological polar surface area (TPSA) is 80.9 Å². The predicted octanol–water partition coefficient (Wildman–Crippen LogP) is 3.03. The lowest BCUT2D eigenvalue weighted by molar-refractivity contribution is 0.100. The standard InChI is InChI=1S/C18H18N4OS/c19-17(23)15-9-6-14(7-10-15)12-20-18-22-21-16(24-18)11-8-13-4-2-1-3-5-13/h1-7,9-10H,8,11-12H2,(H2,19,23)(H,20,22). The van der Waals surface area contributed by atoms with Gasteiger partial charge in [0.2, 0.25) is 11.0 Å². The van der Waals surface area contributed by atoms with Crippen molar-refractivity contribution in [1.29, 1.82) is 0 Å². The van der Waals surface area contributed by atoms with Crippen molar-refractivity contribution >= 4 is 22.4 Å². The first-order valence-electron chi connectivity index (χ1n) is 7.69. The van der Waals surface area contributed by atoms with E-state index in [0.717, 1.165) is 28.5 Å². The van der Waals surface area contributed by atoms with Crippen LogP contribution in [0, 0.1) is 0 Å². The van der Waals surface area contributed by atoms with Gasteiger partial charge in [0.05, 0.1) is 0 Å². The maximum Gasteiger partial charge on any atom is 0.248 e. The van der Waals surface area contributed by atoms with Crippen molar-refractivity contribution in [3.05, 3.63) is 76.3 Å². The summed E-state index contributed by atoms with van der Waals surface area (Å²) in [5.41, 5.74) is 8.10. The number of primary amides is 1. The molecule has 0 atom stereocenters. The van der Waals surface area contributed by atoms with Gasteiger partial charge in [0.25, 0.3) is 0 Å². The van der Waals surface area contributed by atoms with Gasteiger partial charge in [-0.25, -0.2) is 0 Å². The number of hydrogen-bond acceptors (Lipinski definition) is 5. The molecule has 3 aromatic rings. The van der Waals surface area contributed by atoms with Gasteiger partial charge in [0.15, 0.2) is 0 Å². The third kappa shape index (κ3) is 4.39. The molecular weight excluding hydrogens is 320 g/mol. The van der Waals surface area contributed by atoms with E-state index in [-0.39, 0.29) is 0 Å². The van der Waals surface area contributed by atoms with Crippen molar-refractivity contribution in [3.63, 3.8) is 0 Å². The first-order valence-corrected chi connectivity index (χ1v) is 8.51. The van der Waals surface area contributed by atoms with Crippen molar-refractivity contribution in [2.45, 2.75) is 19.4 Å². The van der Waals surface area contributed by atoms with E-state index >= 15 is 0 Å². The fraction of sp³-hybridized carbons (Fsp3) is 0.167. The molecule has 0 spiro atoms. The Morgan fingerprint density at radius 2 is 1.71 bits per heavy atom. The number of carbonyl (C=O) groups is 1.